The molecule has 1 amide bonds. The molecule has 0 bridgehead atoms. The van der Waals surface area contributed by atoms with Gasteiger partial charge in [0.15, 0.2) is 0 Å². The van der Waals surface area contributed by atoms with E-state index in [1.165, 1.54) is 7.11 Å². The maximum Gasteiger partial charge on any atom is 0.254 e. The zero-order valence-corrected chi connectivity index (χ0v) is 12.6. The molecule has 0 unspecified atom stereocenters. The minimum Gasteiger partial charge on any atom is -0.369 e. The number of nitrogens with zero attached hydrogens (tertiary/aromatic N) is 1. The number of benzene rings is 1. The van der Waals surface area contributed by atoms with Gasteiger partial charge in [0.1, 0.15) is 5.60 Å². The highest BCUT2D eigenvalue weighted by molar-refractivity contribution is 5.84. The summed E-state index contributed by atoms with van der Waals surface area (Å²) in [5.41, 5.74) is 6.46. The molecule has 0 heterocycles. The van der Waals surface area contributed by atoms with Crippen LogP contribution < -0.4 is 5.73 Å². The SMILES string of the molecule is COC(C)(C)C(=O)N(C)Cc1ccccc1C#CCN. The average Bonchev–Trinajstić information content (AvgIpc) is 2.45. The molecule has 0 aliphatic heterocycles. The number of amides is 1. The van der Waals surface area contributed by atoms with Crippen molar-refractivity contribution in [1.82, 2.24) is 4.90 Å². The zero-order valence-electron chi connectivity index (χ0n) is 12.6. The molecule has 0 saturated carbocycles. The lowest BCUT2D eigenvalue weighted by molar-refractivity contribution is -0.150. The van der Waals surface area contributed by atoms with E-state index in [1.54, 1.807) is 25.8 Å². The first-order valence-electron chi connectivity index (χ1n) is 6.50. The van der Waals surface area contributed by atoms with Gasteiger partial charge in [0.05, 0.1) is 6.54 Å². The van der Waals surface area contributed by atoms with Crippen LogP contribution in [0.15, 0.2) is 24.3 Å². The molecule has 0 saturated heterocycles. The van der Waals surface area contributed by atoms with Crippen LogP contribution in [0.2, 0.25) is 0 Å². The molecule has 20 heavy (non-hydrogen) atoms. The van der Waals surface area contributed by atoms with Gasteiger partial charge in [-0.25, -0.2) is 0 Å². The molecule has 1 rings (SSSR count). The van der Waals surface area contributed by atoms with Crippen molar-refractivity contribution in [1.29, 1.82) is 0 Å². The summed E-state index contributed by atoms with van der Waals surface area (Å²) in [5.74, 6) is 5.80. The third-order valence-electron chi connectivity index (χ3n) is 3.12. The normalized spacial score (nSPS) is 10.7. The lowest BCUT2D eigenvalue weighted by Crippen LogP contribution is -2.44. The Morgan fingerprint density at radius 2 is 2.05 bits per heavy atom. The third kappa shape index (κ3) is 4.09. The standard InChI is InChI=1S/C16H22N2O2/c1-16(2,20-4)15(19)18(3)12-14-9-6-5-8-13(14)10-7-11-17/h5-6,8-9H,11-12,17H2,1-4H3. The Labute approximate surface area is 120 Å². The van der Waals surface area contributed by atoms with Crippen LogP contribution in [0.25, 0.3) is 0 Å². The van der Waals surface area contributed by atoms with Crippen LogP contribution in [0.5, 0.6) is 0 Å². The van der Waals surface area contributed by atoms with E-state index in [0.717, 1.165) is 11.1 Å². The quantitative estimate of drug-likeness (QED) is 0.844. The lowest BCUT2D eigenvalue weighted by Gasteiger charge is -2.28. The van der Waals surface area contributed by atoms with Crippen LogP contribution in [0.3, 0.4) is 0 Å². The molecule has 2 N–H and O–H groups in total. The first kappa shape index (κ1) is 16.2. The minimum atomic E-state index is -0.827. The Kier molecular flexibility index (Phi) is 5.75. The van der Waals surface area contributed by atoms with Gasteiger partial charge in [0.2, 0.25) is 0 Å². The van der Waals surface area contributed by atoms with E-state index >= 15 is 0 Å². The molecule has 1 aromatic carbocycles. The molecule has 0 spiro atoms. The summed E-state index contributed by atoms with van der Waals surface area (Å²) in [7, 11) is 3.29. The first-order valence-corrected chi connectivity index (χ1v) is 6.50. The maximum atomic E-state index is 12.3. The van der Waals surface area contributed by atoms with Crippen molar-refractivity contribution < 1.29 is 9.53 Å². The van der Waals surface area contributed by atoms with E-state index in [9.17, 15) is 4.79 Å². The Bertz CT molecular complexity index is 527. The number of rotatable bonds is 4. The fraction of sp³-hybridized carbons (Fsp3) is 0.438. The average molecular weight is 274 g/mol. The fourth-order valence-electron chi connectivity index (χ4n) is 1.80. The van der Waals surface area contributed by atoms with Crippen molar-refractivity contribution in [2.45, 2.75) is 26.0 Å². The topological polar surface area (TPSA) is 55.6 Å². The minimum absolute atomic E-state index is 0.0680. The van der Waals surface area contributed by atoms with Gasteiger partial charge in [-0.05, 0) is 25.5 Å². The Balaban J connectivity index is 2.91. The van der Waals surface area contributed by atoms with Gasteiger partial charge in [-0.1, -0.05) is 30.0 Å². The van der Waals surface area contributed by atoms with Gasteiger partial charge in [0, 0.05) is 26.3 Å². The predicted octanol–water partition coefficient (Wildman–Crippen LogP) is 1.38. The summed E-state index contributed by atoms with van der Waals surface area (Å²) in [6, 6.07) is 7.75. The summed E-state index contributed by atoms with van der Waals surface area (Å²) in [6.45, 7) is 4.32. The molecule has 0 fully saturated rings. The summed E-state index contributed by atoms with van der Waals surface area (Å²) < 4.78 is 5.22. The zero-order chi connectivity index (χ0) is 15.2. The van der Waals surface area contributed by atoms with Crippen LogP contribution in [0.4, 0.5) is 0 Å². The molecular formula is C16H22N2O2. The van der Waals surface area contributed by atoms with Crippen molar-refractivity contribution in [3.05, 3.63) is 35.4 Å². The number of likely N-dealkylation sites (N-methyl/N-ethyl adjacent to an activating group) is 1. The van der Waals surface area contributed by atoms with E-state index in [1.807, 2.05) is 24.3 Å². The Hall–Kier alpha value is -1.83. The van der Waals surface area contributed by atoms with Crippen LogP contribution in [0.1, 0.15) is 25.0 Å². The van der Waals surface area contributed by atoms with Crippen LogP contribution >= 0.6 is 0 Å². The number of hydrogen-bond donors (Lipinski definition) is 1. The number of carbonyl (C=O) groups excluding carboxylic acids is 1. The van der Waals surface area contributed by atoms with Gasteiger partial charge in [-0.3, -0.25) is 4.79 Å². The number of nitrogens with two attached hydrogens (primary N) is 1. The van der Waals surface area contributed by atoms with Crippen molar-refractivity contribution >= 4 is 5.91 Å². The molecule has 1 aromatic rings. The van der Waals surface area contributed by atoms with Gasteiger partial charge < -0.3 is 15.4 Å². The molecular weight excluding hydrogens is 252 g/mol. The first-order chi connectivity index (χ1) is 9.42. The molecule has 0 atom stereocenters. The second-order valence-corrected chi connectivity index (χ2v) is 5.04. The van der Waals surface area contributed by atoms with Gasteiger partial charge in [0.25, 0.3) is 5.91 Å². The highest BCUT2D eigenvalue weighted by Crippen LogP contribution is 2.15. The molecule has 108 valence electrons. The fourth-order valence-corrected chi connectivity index (χ4v) is 1.80. The van der Waals surface area contributed by atoms with E-state index in [0.29, 0.717) is 13.1 Å². The lowest BCUT2D eigenvalue weighted by atomic mass is 10.1. The third-order valence-corrected chi connectivity index (χ3v) is 3.12. The van der Waals surface area contributed by atoms with E-state index in [-0.39, 0.29) is 5.91 Å². The number of carbonyl (C=O) groups is 1. The van der Waals surface area contributed by atoms with Crippen LogP contribution in [0, 0.1) is 11.8 Å². The second-order valence-electron chi connectivity index (χ2n) is 5.04. The van der Waals surface area contributed by atoms with E-state index < -0.39 is 5.60 Å². The van der Waals surface area contributed by atoms with E-state index in [4.69, 9.17) is 10.5 Å². The van der Waals surface area contributed by atoms with E-state index in [2.05, 4.69) is 11.8 Å². The summed E-state index contributed by atoms with van der Waals surface area (Å²) >= 11 is 0. The van der Waals surface area contributed by atoms with Crippen molar-refractivity contribution in [3.8, 4) is 11.8 Å². The number of methoxy groups -OCH3 is 1. The molecule has 0 radical (unpaired) electrons. The van der Waals surface area contributed by atoms with Crippen molar-refractivity contribution in [3.63, 3.8) is 0 Å². The van der Waals surface area contributed by atoms with Crippen LogP contribution in [-0.4, -0.2) is 37.1 Å². The largest absolute Gasteiger partial charge is 0.369 e. The molecule has 0 aliphatic rings. The number of ether oxygens (including phenoxy) is 1. The Morgan fingerprint density at radius 1 is 1.40 bits per heavy atom. The van der Waals surface area contributed by atoms with Crippen molar-refractivity contribution in [2.75, 3.05) is 20.7 Å². The van der Waals surface area contributed by atoms with Gasteiger partial charge in [-0.15, -0.1) is 0 Å². The molecule has 0 aromatic heterocycles. The van der Waals surface area contributed by atoms with Gasteiger partial charge >= 0.3 is 0 Å². The van der Waals surface area contributed by atoms with Gasteiger partial charge in [-0.2, -0.15) is 0 Å². The predicted molar refractivity (Wildman–Crippen MR) is 79.9 cm³/mol. The summed E-state index contributed by atoms with van der Waals surface area (Å²) in [6.07, 6.45) is 0. The smallest absolute Gasteiger partial charge is 0.254 e. The molecule has 4 heteroatoms. The van der Waals surface area contributed by atoms with Crippen LogP contribution in [-0.2, 0) is 16.1 Å². The monoisotopic (exact) mass is 274 g/mol. The van der Waals surface area contributed by atoms with Crippen molar-refractivity contribution in [2.24, 2.45) is 5.73 Å². The highest BCUT2D eigenvalue weighted by atomic mass is 16.5. The summed E-state index contributed by atoms with van der Waals surface area (Å²) in [5, 5.41) is 0. The molecule has 4 nitrogen and oxygen atoms in total. The second kappa shape index (κ2) is 7.09. The summed E-state index contributed by atoms with van der Waals surface area (Å²) in [4.78, 5) is 13.9. The molecule has 0 aliphatic carbocycles. The Morgan fingerprint density at radius 3 is 2.65 bits per heavy atom. The highest BCUT2D eigenvalue weighted by Gasteiger charge is 2.30. The number of hydrogen-bond acceptors (Lipinski definition) is 3. The maximum absolute atomic E-state index is 12.3.